The first-order valence-electron chi connectivity index (χ1n) is 13.2. The van der Waals surface area contributed by atoms with Crippen molar-refractivity contribution < 1.29 is 14.6 Å². The highest BCUT2D eigenvalue weighted by Crippen LogP contribution is 2.67. The van der Waals surface area contributed by atoms with Crippen LogP contribution in [-0.4, -0.2) is 24.3 Å². The molecule has 0 radical (unpaired) electrons. The maximum atomic E-state index is 12.8. The highest BCUT2D eigenvalue weighted by atomic mass is 16.5. The summed E-state index contributed by atoms with van der Waals surface area (Å²) in [6.07, 6.45) is 15.2. The first kappa shape index (κ1) is 23.3. The molecule has 0 unspecified atom stereocenters. The zero-order chi connectivity index (χ0) is 22.4. The number of hydrogen-bond acceptors (Lipinski definition) is 2. The van der Waals surface area contributed by atoms with E-state index >= 15 is 0 Å². The molecule has 0 aromatic heterocycles. The van der Waals surface area contributed by atoms with Gasteiger partial charge in [0.1, 0.15) is 0 Å². The van der Waals surface area contributed by atoms with Crippen molar-refractivity contribution in [1.29, 1.82) is 0 Å². The van der Waals surface area contributed by atoms with Crippen molar-refractivity contribution in [2.24, 2.45) is 46.3 Å². The summed E-state index contributed by atoms with van der Waals surface area (Å²) in [5, 5.41) is 10.5. The Balaban J connectivity index is 1.55. The van der Waals surface area contributed by atoms with Gasteiger partial charge in [0, 0.05) is 7.11 Å². The maximum Gasteiger partial charge on any atom is 0.314 e. The molecular formula is C28H46O3. The Labute approximate surface area is 190 Å². The average Bonchev–Trinajstić information content (AvgIpc) is 3.09. The standard InChI is InChI=1S/C28H46O3/c1-18(2)7-6-8-19(3)23-11-12-24-22-10-9-20-17-21(31-5)13-16-28(20,26(29)30)25(22)14-15-27(23,24)4/h9,18-19,21-25H,6-8,10-17H2,1-5H3,(H,29,30)/t19-,21+,22+,23-,24+,25+,27-,28-/m1/s1. The summed E-state index contributed by atoms with van der Waals surface area (Å²) in [6.45, 7) is 9.76. The fraction of sp³-hybridized carbons (Fsp3) is 0.893. The smallest absolute Gasteiger partial charge is 0.314 e. The molecule has 4 aliphatic carbocycles. The molecule has 31 heavy (non-hydrogen) atoms. The Kier molecular flexibility index (Phi) is 6.65. The van der Waals surface area contributed by atoms with E-state index in [4.69, 9.17) is 4.74 Å². The molecule has 0 aliphatic heterocycles. The maximum absolute atomic E-state index is 12.8. The van der Waals surface area contributed by atoms with Gasteiger partial charge in [-0.3, -0.25) is 4.79 Å². The molecule has 0 bridgehead atoms. The predicted molar refractivity (Wildman–Crippen MR) is 126 cm³/mol. The summed E-state index contributed by atoms with van der Waals surface area (Å²) in [7, 11) is 1.78. The zero-order valence-electron chi connectivity index (χ0n) is 20.7. The molecule has 0 saturated heterocycles. The monoisotopic (exact) mass is 430 g/mol. The molecule has 1 N–H and O–H groups in total. The molecule has 0 aromatic rings. The molecule has 3 fully saturated rings. The summed E-state index contributed by atoms with van der Waals surface area (Å²) in [4.78, 5) is 12.8. The van der Waals surface area contributed by atoms with Gasteiger partial charge in [0.05, 0.1) is 11.5 Å². The van der Waals surface area contributed by atoms with Gasteiger partial charge in [-0.05, 0) is 92.3 Å². The van der Waals surface area contributed by atoms with E-state index in [1.165, 1.54) is 44.1 Å². The third-order valence-electron chi connectivity index (χ3n) is 10.5. The van der Waals surface area contributed by atoms with E-state index < -0.39 is 11.4 Å². The van der Waals surface area contributed by atoms with E-state index in [0.717, 1.165) is 49.9 Å². The fourth-order valence-corrected chi connectivity index (χ4v) is 8.90. The van der Waals surface area contributed by atoms with Crippen molar-refractivity contribution >= 4 is 5.97 Å². The second-order valence-corrected chi connectivity index (χ2v) is 12.2. The average molecular weight is 431 g/mol. The van der Waals surface area contributed by atoms with Crippen LogP contribution in [0, 0.1) is 46.3 Å². The quantitative estimate of drug-likeness (QED) is 0.438. The Bertz CT molecular complexity index is 696. The Morgan fingerprint density at radius 2 is 1.90 bits per heavy atom. The molecule has 0 aromatic carbocycles. The molecule has 0 spiro atoms. The molecule has 4 aliphatic rings. The lowest BCUT2D eigenvalue weighted by atomic mass is 9.46. The molecule has 3 heteroatoms. The number of hydrogen-bond donors (Lipinski definition) is 1. The molecular weight excluding hydrogens is 384 g/mol. The summed E-state index contributed by atoms with van der Waals surface area (Å²) in [5.41, 5.74) is 0.993. The summed E-state index contributed by atoms with van der Waals surface area (Å²) >= 11 is 0. The van der Waals surface area contributed by atoms with Gasteiger partial charge in [0.2, 0.25) is 0 Å². The number of ether oxygens (including phenoxy) is 1. The van der Waals surface area contributed by atoms with Crippen molar-refractivity contribution in [3.63, 3.8) is 0 Å². The number of carboxylic acids is 1. The van der Waals surface area contributed by atoms with Crippen LogP contribution in [-0.2, 0) is 9.53 Å². The predicted octanol–water partition coefficient (Wildman–Crippen LogP) is 7.11. The van der Waals surface area contributed by atoms with Gasteiger partial charge in [-0.15, -0.1) is 0 Å². The summed E-state index contributed by atoms with van der Waals surface area (Å²) in [6, 6.07) is 0. The molecule has 176 valence electrons. The van der Waals surface area contributed by atoms with Crippen LogP contribution in [0.2, 0.25) is 0 Å². The lowest BCUT2D eigenvalue weighted by Gasteiger charge is -2.57. The van der Waals surface area contributed by atoms with Crippen molar-refractivity contribution in [3.8, 4) is 0 Å². The van der Waals surface area contributed by atoms with Crippen molar-refractivity contribution in [3.05, 3.63) is 11.6 Å². The van der Waals surface area contributed by atoms with Crippen molar-refractivity contribution in [2.75, 3.05) is 7.11 Å². The van der Waals surface area contributed by atoms with E-state index in [0.29, 0.717) is 23.2 Å². The number of carbonyl (C=O) groups is 1. The van der Waals surface area contributed by atoms with Crippen LogP contribution in [0.25, 0.3) is 0 Å². The molecule has 0 heterocycles. The number of aliphatic carboxylic acids is 1. The van der Waals surface area contributed by atoms with Crippen molar-refractivity contribution in [1.82, 2.24) is 0 Å². The van der Waals surface area contributed by atoms with E-state index in [-0.39, 0.29) is 6.10 Å². The Hall–Kier alpha value is -0.830. The lowest BCUT2D eigenvalue weighted by molar-refractivity contribution is -0.160. The van der Waals surface area contributed by atoms with E-state index in [1.54, 1.807) is 7.11 Å². The number of allylic oxidation sites excluding steroid dienone is 1. The lowest BCUT2D eigenvalue weighted by Crippen LogP contribution is -2.55. The van der Waals surface area contributed by atoms with Crippen LogP contribution in [0.5, 0.6) is 0 Å². The number of rotatable bonds is 7. The minimum absolute atomic E-state index is 0.201. The molecule has 3 saturated carbocycles. The van der Waals surface area contributed by atoms with Crippen LogP contribution in [0.4, 0.5) is 0 Å². The van der Waals surface area contributed by atoms with Gasteiger partial charge < -0.3 is 9.84 Å². The highest BCUT2D eigenvalue weighted by molar-refractivity contribution is 5.80. The van der Waals surface area contributed by atoms with E-state index in [9.17, 15) is 9.90 Å². The van der Waals surface area contributed by atoms with Crippen LogP contribution in [0.1, 0.15) is 98.3 Å². The summed E-state index contributed by atoms with van der Waals surface area (Å²) < 4.78 is 5.64. The number of carboxylic acid groups (broad SMARTS) is 1. The first-order valence-corrected chi connectivity index (χ1v) is 13.2. The minimum atomic E-state index is -0.611. The molecule has 0 amide bonds. The van der Waals surface area contributed by atoms with E-state index in [1.807, 2.05) is 0 Å². The second-order valence-electron chi connectivity index (χ2n) is 12.2. The van der Waals surface area contributed by atoms with Crippen LogP contribution in [0.15, 0.2) is 11.6 Å². The van der Waals surface area contributed by atoms with E-state index in [2.05, 4.69) is 33.8 Å². The zero-order valence-corrected chi connectivity index (χ0v) is 20.7. The van der Waals surface area contributed by atoms with Gasteiger partial charge in [-0.2, -0.15) is 0 Å². The summed E-state index contributed by atoms with van der Waals surface area (Å²) in [5.74, 6) is 3.47. The number of fused-ring (bicyclic) bond motifs is 5. The third kappa shape index (κ3) is 3.81. The minimum Gasteiger partial charge on any atom is -0.481 e. The molecule has 3 nitrogen and oxygen atoms in total. The first-order chi connectivity index (χ1) is 14.7. The Morgan fingerprint density at radius 3 is 2.58 bits per heavy atom. The van der Waals surface area contributed by atoms with Gasteiger partial charge in [0.25, 0.3) is 0 Å². The third-order valence-corrected chi connectivity index (χ3v) is 10.5. The second kappa shape index (κ2) is 8.84. The molecule has 4 rings (SSSR count). The highest BCUT2D eigenvalue weighted by Gasteiger charge is 2.62. The Morgan fingerprint density at radius 1 is 1.13 bits per heavy atom. The van der Waals surface area contributed by atoms with Crippen LogP contribution < -0.4 is 0 Å². The van der Waals surface area contributed by atoms with Crippen LogP contribution >= 0.6 is 0 Å². The number of methoxy groups -OCH3 is 1. The van der Waals surface area contributed by atoms with Gasteiger partial charge in [-0.1, -0.05) is 58.6 Å². The fourth-order valence-electron chi connectivity index (χ4n) is 8.90. The molecule has 8 atom stereocenters. The van der Waals surface area contributed by atoms with Gasteiger partial charge in [-0.25, -0.2) is 0 Å². The SMILES string of the molecule is CO[C@H]1CC[C@@]2(C(=O)O)C(=CC[C@@H]3[C@@H]2CC[C@]2(C)[C@@H]([C@H](C)CCCC(C)C)CC[C@@H]32)C1. The van der Waals surface area contributed by atoms with Crippen LogP contribution in [0.3, 0.4) is 0 Å². The van der Waals surface area contributed by atoms with Gasteiger partial charge in [0.15, 0.2) is 0 Å². The normalized spacial score (nSPS) is 43.0. The van der Waals surface area contributed by atoms with Crippen molar-refractivity contribution in [2.45, 2.75) is 104 Å². The largest absolute Gasteiger partial charge is 0.481 e. The topological polar surface area (TPSA) is 46.5 Å². The van der Waals surface area contributed by atoms with Gasteiger partial charge >= 0.3 is 5.97 Å².